The fourth-order valence-corrected chi connectivity index (χ4v) is 3.19. The third-order valence-corrected chi connectivity index (χ3v) is 4.79. The molecule has 3 aromatic rings. The molecule has 0 saturated heterocycles. The zero-order valence-electron chi connectivity index (χ0n) is 17.4. The van der Waals surface area contributed by atoms with Crippen molar-refractivity contribution in [2.45, 2.75) is 44.5 Å². The molecule has 154 valence electrons. The topological polar surface area (TPSA) is 76.8 Å². The van der Waals surface area contributed by atoms with E-state index in [0.717, 1.165) is 34.8 Å². The van der Waals surface area contributed by atoms with Gasteiger partial charge in [0.15, 0.2) is 11.0 Å². The molecule has 0 atom stereocenters. The summed E-state index contributed by atoms with van der Waals surface area (Å²) in [5, 5.41) is 4.60. The number of ether oxygens (including phenoxy) is 1. The normalized spacial score (nSPS) is 12.7. The van der Waals surface area contributed by atoms with E-state index in [1.165, 1.54) is 12.0 Å². The van der Waals surface area contributed by atoms with E-state index < -0.39 is 0 Å². The summed E-state index contributed by atoms with van der Waals surface area (Å²) in [5.74, 6) is 2.28. The van der Waals surface area contributed by atoms with Crippen molar-refractivity contribution < 1.29 is 9.26 Å². The highest BCUT2D eigenvalue weighted by Gasteiger charge is 2.05. The second-order valence-corrected chi connectivity index (χ2v) is 6.72. The molecule has 0 spiro atoms. The van der Waals surface area contributed by atoms with Crippen LogP contribution in [0.25, 0.3) is 11.0 Å². The van der Waals surface area contributed by atoms with Crippen LogP contribution in [0, 0.1) is 0 Å². The highest BCUT2D eigenvalue weighted by Crippen LogP contribution is 2.21. The zero-order valence-corrected chi connectivity index (χ0v) is 18.2. The molecule has 2 aromatic heterocycles. The van der Waals surface area contributed by atoms with Gasteiger partial charge in [-0.25, -0.2) is 4.98 Å². The van der Waals surface area contributed by atoms with Gasteiger partial charge in [0.05, 0.1) is 23.9 Å². The van der Waals surface area contributed by atoms with Crippen molar-refractivity contribution in [2.24, 2.45) is 0 Å². The molecule has 0 aliphatic heterocycles. The molecule has 2 heterocycles. The van der Waals surface area contributed by atoms with Crippen LogP contribution in [-0.2, 0) is 10.5 Å². The van der Waals surface area contributed by atoms with Gasteiger partial charge in [-0.15, -0.1) is 0 Å². The predicted molar refractivity (Wildman–Crippen MR) is 119 cm³/mol. The predicted octanol–water partition coefficient (Wildman–Crippen LogP) is 6.08. The van der Waals surface area contributed by atoms with Crippen LogP contribution in [0.5, 0.6) is 0 Å². The number of H-pyrrole nitrogens is 1. The Balaban J connectivity index is 0.000000203. The number of nitrogens with one attached hydrogen (secondary N) is 1. The van der Waals surface area contributed by atoms with Crippen molar-refractivity contribution in [2.75, 3.05) is 7.11 Å². The second kappa shape index (κ2) is 12.6. The maximum atomic E-state index is 5.14. The highest BCUT2D eigenvalue weighted by atomic mass is 32.2. The van der Waals surface area contributed by atoms with Crippen LogP contribution in [0.3, 0.4) is 0 Å². The lowest BCUT2D eigenvalue weighted by molar-refractivity contribution is 0.306. The lowest BCUT2D eigenvalue weighted by Gasteiger charge is -2.00. The van der Waals surface area contributed by atoms with Crippen molar-refractivity contribution >= 4 is 22.8 Å². The van der Waals surface area contributed by atoms with Gasteiger partial charge < -0.3 is 14.2 Å². The average molecular weight is 413 g/mol. The first-order chi connectivity index (χ1) is 14.3. The summed E-state index contributed by atoms with van der Waals surface area (Å²) in [5.41, 5.74) is 3.43. The molecule has 6 nitrogen and oxygen atoms in total. The minimum atomic E-state index is 0.649. The number of nitrogens with zero attached hydrogens (tertiary/aromatic N) is 3. The molecule has 4 rings (SSSR count). The van der Waals surface area contributed by atoms with Crippen molar-refractivity contribution in [3.05, 3.63) is 72.1 Å². The minimum Gasteiger partial charge on any atom is -0.497 e. The average Bonchev–Trinajstić information content (AvgIpc) is 3.38. The lowest BCUT2D eigenvalue weighted by Crippen LogP contribution is -1.83. The Morgan fingerprint density at radius 3 is 2.76 bits per heavy atom. The molecular weight excluding hydrogens is 384 g/mol. The number of hydrogen-bond acceptors (Lipinski definition) is 6. The minimum absolute atomic E-state index is 0.649. The summed E-state index contributed by atoms with van der Waals surface area (Å²) in [6.07, 6.45) is 11.8. The Labute approximate surface area is 176 Å². The van der Waals surface area contributed by atoms with Gasteiger partial charge in [-0.1, -0.05) is 67.5 Å². The summed E-state index contributed by atoms with van der Waals surface area (Å²) >= 11 is 1.55. The van der Waals surface area contributed by atoms with Crippen LogP contribution >= 0.6 is 11.8 Å². The second-order valence-electron chi connectivity index (χ2n) is 5.76. The number of benzene rings is 1. The largest absolute Gasteiger partial charge is 0.497 e. The van der Waals surface area contributed by atoms with Crippen LogP contribution in [0.15, 0.2) is 76.0 Å². The van der Waals surface area contributed by atoms with Gasteiger partial charge in [-0.2, -0.15) is 4.98 Å². The van der Waals surface area contributed by atoms with Gasteiger partial charge >= 0.3 is 0 Å². The van der Waals surface area contributed by atoms with Crippen LogP contribution in [0.2, 0.25) is 0 Å². The number of rotatable bonds is 5. The van der Waals surface area contributed by atoms with Crippen LogP contribution in [-0.4, -0.2) is 27.2 Å². The van der Waals surface area contributed by atoms with E-state index >= 15 is 0 Å². The van der Waals surface area contributed by atoms with Gasteiger partial charge in [0.2, 0.25) is 6.39 Å². The maximum Gasteiger partial charge on any atom is 0.213 e. The molecular formula is C22H28N4O2S. The van der Waals surface area contributed by atoms with Gasteiger partial charge in [-0.3, -0.25) is 0 Å². The number of para-hydroxylation sites is 2. The molecule has 1 aliphatic carbocycles. The molecule has 7 heteroatoms. The molecule has 1 aromatic carbocycles. The van der Waals surface area contributed by atoms with E-state index in [1.807, 2.05) is 50.3 Å². The number of aromatic nitrogens is 4. The van der Waals surface area contributed by atoms with Crippen molar-refractivity contribution in [1.29, 1.82) is 0 Å². The standard InChI is InChI=1S/C10H8N4OS.C10H14O.C2H6/c1-2-4-8-7(3-1)12-10(13-8)16-5-9-11-6-15-14-9;1-3-9-6-4-5-7-10(8-9)11-2;1-2/h1-4,6H,5H2,(H,12,13);4-5,7-8H,3,6H2,1-2H3;1-2H3. The molecule has 0 bridgehead atoms. The first kappa shape index (κ1) is 22.5. The Bertz CT molecular complexity index is 910. The van der Waals surface area contributed by atoms with E-state index in [9.17, 15) is 0 Å². The Hall–Kier alpha value is -2.80. The number of fused-ring (bicyclic) bond motifs is 1. The molecule has 0 radical (unpaired) electrons. The number of hydrogen-bond donors (Lipinski definition) is 1. The smallest absolute Gasteiger partial charge is 0.213 e. The van der Waals surface area contributed by atoms with Crippen molar-refractivity contribution in [3.8, 4) is 0 Å². The van der Waals surface area contributed by atoms with Crippen molar-refractivity contribution in [1.82, 2.24) is 20.1 Å². The van der Waals surface area contributed by atoms with E-state index in [4.69, 9.17) is 4.74 Å². The Morgan fingerprint density at radius 1 is 1.24 bits per heavy atom. The molecule has 1 N–H and O–H groups in total. The molecule has 0 amide bonds. The number of methoxy groups -OCH3 is 1. The molecule has 0 fully saturated rings. The fraction of sp³-hybridized carbons (Fsp3) is 0.318. The first-order valence-corrected chi connectivity index (χ1v) is 10.7. The zero-order chi connectivity index (χ0) is 20.9. The van der Waals surface area contributed by atoms with E-state index in [-0.39, 0.29) is 0 Å². The summed E-state index contributed by atoms with van der Waals surface area (Å²) in [4.78, 5) is 11.6. The van der Waals surface area contributed by atoms with Crippen LogP contribution in [0.4, 0.5) is 0 Å². The summed E-state index contributed by atoms with van der Waals surface area (Å²) in [7, 11) is 1.70. The van der Waals surface area contributed by atoms with Gasteiger partial charge in [0.1, 0.15) is 5.76 Å². The number of thioether (sulfide) groups is 1. The first-order valence-electron chi connectivity index (χ1n) is 9.71. The molecule has 0 saturated carbocycles. The van der Waals surface area contributed by atoms with E-state index in [0.29, 0.717) is 11.6 Å². The summed E-state index contributed by atoms with van der Waals surface area (Å²) < 4.78 is 9.79. The van der Waals surface area contributed by atoms with Crippen LogP contribution in [0.1, 0.15) is 39.4 Å². The lowest BCUT2D eigenvalue weighted by atomic mass is 10.1. The highest BCUT2D eigenvalue weighted by molar-refractivity contribution is 7.98. The van der Waals surface area contributed by atoms with E-state index in [2.05, 4.69) is 43.7 Å². The number of aromatic amines is 1. The SMILES string of the molecule is CC.CCC1=CC(OC)=CC=CC1.c1ccc2[nH]c(SCc3ncon3)nc2c1. The third-order valence-electron chi connectivity index (χ3n) is 3.93. The molecule has 29 heavy (non-hydrogen) atoms. The molecule has 0 unspecified atom stereocenters. The van der Waals surface area contributed by atoms with Gasteiger partial charge in [0, 0.05) is 0 Å². The fourth-order valence-electron chi connectivity index (χ4n) is 2.45. The van der Waals surface area contributed by atoms with Crippen molar-refractivity contribution in [3.63, 3.8) is 0 Å². The maximum absolute atomic E-state index is 5.14. The van der Waals surface area contributed by atoms with E-state index in [1.54, 1.807) is 18.9 Å². The van der Waals surface area contributed by atoms with Crippen LogP contribution < -0.4 is 0 Å². The van der Waals surface area contributed by atoms with Gasteiger partial charge in [0.25, 0.3) is 0 Å². The quantitative estimate of drug-likeness (QED) is 0.512. The molecule has 1 aliphatic rings. The van der Waals surface area contributed by atoms with Gasteiger partial charge in [-0.05, 0) is 37.1 Å². The number of imidazole rings is 1. The summed E-state index contributed by atoms with van der Waals surface area (Å²) in [6.45, 7) is 6.16. The Kier molecular flexibility index (Phi) is 9.78. The number of allylic oxidation sites excluding steroid dienone is 5. The monoisotopic (exact) mass is 412 g/mol. The summed E-state index contributed by atoms with van der Waals surface area (Å²) in [6, 6.07) is 7.93. The third kappa shape index (κ3) is 7.27. The Morgan fingerprint density at radius 2 is 2.07 bits per heavy atom.